The molecular formula is C20H24N2OS. The molecule has 0 unspecified atom stereocenters. The standard InChI is InChI=1S/C20H24N2OS/c23-19(21-17-5-3-1-2-4-6-17)15-9-7-14(8-10-15)18-13-24-20(22-18)16-11-12-16/h7-10,13,16-17H,1-6,11-12H2,(H,21,23). The van der Waals surface area contributed by atoms with E-state index in [0.717, 1.165) is 29.7 Å². The lowest BCUT2D eigenvalue weighted by atomic mass is 10.1. The van der Waals surface area contributed by atoms with Crippen LogP contribution in [0.1, 0.15) is 72.7 Å². The van der Waals surface area contributed by atoms with Crippen LogP contribution >= 0.6 is 11.3 Å². The summed E-state index contributed by atoms with van der Waals surface area (Å²) in [5.41, 5.74) is 2.89. The first-order valence-electron chi connectivity index (χ1n) is 9.16. The molecule has 126 valence electrons. The summed E-state index contributed by atoms with van der Waals surface area (Å²) in [7, 11) is 0. The van der Waals surface area contributed by atoms with Crippen molar-refractivity contribution in [3.8, 4) is 11.3 Å². The smallest absolute Gasteiger partial charge is 0.251 e. The quantitative estimate of drug-likeness (QED) is 0.783. The summed E-state index contributed by atoms with van der Waals surface area (Å²) in [5, 5.41) is 6.61. The number of nitrogens with zero attached hydrogens (tertiary/aromatic N) is 1. The lowest BCUT2D eigenvalue weighted by Gasteiger charge is -2.16. The molecule has 0 bridgehead atoms. The van der Waals surface area contributed by atoms with Crippen molar-refractivity contribution in [3.05, 3.63) is 40.2 Å². The summed E-state index contributed by atoms with van der Waals surface area (Å²) in [6, 6.07) is 8.25. The molecule has 4 rings (SSSR count). The van der Waals surface area contributed by atoms with Gasteiger partial charge in [0.25, 0.3) is 5.91 Å². The molecule has 2 aliphatic rings. The summed E-state index contributed by atoms with van der Waals surface area (Å²) in [6.45, 7) is 0. The summed E-state index contributed by atoms with van der Waals surface area (Å²) >= 11 is 1.76. The number of rotatable bonds is 4. The van der Waals surface area contributed by atoms with Gasteiger partial charge >= 0.3 is 0 Å². The zero-order chi connectivity index (χ0) is 16.4. The number of amides is 1. The minimum Gasteiger partial charge on any atom is -0.349 e. The molecule has 1 N–H and O–H groups in total. The molecule has 3 nitrogen and oxygen atoms in total. The number of hydrogen-bond acceptors (Lipinski definition) is 3. The Morgan fingerprint density at radius 3 is 2.38 bits per heavy atom. The number of carbonyl (C=O) groups excluding carboxylic acids is 1. The lowest BCUT2D eigenvalue weighted by Crippen LogP contribution is -2.34. The second-order valence-corrected chi connectivity index (χ2v) is 7.97. The molecule has 0 spiro atoms. The number of benzene rings is 1. The molecule has 1 aromatic heterocycles. The summed E-state index contributed by atoms with van der Waals surface area (Å²) < 4.78 is 0. The van der Waals surface area contributed by atoms with Gasteiger partial charge in [0, 0.05) is 28.5 Å². The van der Waals surface area contributed by atoms with Crippen LogP contribution in [0.5, 0.6) is 0 Å². The molecule has 2 saturated carbocycles. The van der Waals surface area contributed by atoms with Crippen LogP contribution in [0.3, 0.4) is 0 Å². The Bertz CT molecular complexity index is 695. The van der Waals surface area contributed by atoms with E-state index in [1.807, 2.05) is 24.3 Å². The highest BCUT2D eigenvalue weighted by atomic mass is 32.1. The zero-order valence-corrected chi connectivity index (χ0v) is 14.8. The van der Waals surface area contributed by atoms with E-state index in [2.05, 4.69) is 10.7 Å². The van der Waals surface area contributed by atoms with Gasteiger partial charge in [0.15, 0.2) is 0 Å². The summed E-state index contributed by atoms with van der Waals surface area (Å²) in [5.74, 6) is 0.763. The van der Waals surface area contributed by atoms with E-state index in [1.54, 1.807) is 11.3 Å². The SMILES string of the molecule is O=C(NC1CCCCCC1)c1ccc(-c2csc(C3CC3)n2)cc1. The molecule has 2 aromatic rings. The highest BCUT2D eigenvalue weighted by molar-refractivity contribution is 7.10. The molecule has 4 heteroatoms. The second-order valence-electron chi connectivity index (χ2n) is 7.08. The van der Waals surface area contributed by atoms with Gasteiger partial charge in [0.05, 0.1) is 10.7 Å². The minimum absolute atomic E-state index is 0.0606. The van der Waals surface area contributed by atoms with Crippen molar-refractivity contribution >= 4 is 17.2 Å². The molecule has 0 saturated heterocycles. The monoisotopic (exact) mass is 340 g/mol. The van der Waals surface area contributed by atoms with Gasteiger partial charge in [-0.1, -0.05) is 37.8 Å². The van der Waals surface area contributed by atoms with E-state index in [0.29, 0.717) is 12.0 Å². The Labute approximate surface area is 147 Å². The van der Waals surface area contributed by atoms with Gasteiger partial charge in [-0.25, -0.2) is 4.98 Å². The van der Waals surface area contributed by atoms with E-state index in [1.165, 1.54) is 43.5 Å². The molecule has 24 heavy (non-hydrogen) atoms. The Hall–Kier alpha value is -1.68. The first kappa shape index (κ1) is 15.8. The van der Waals surface area contributed by atoms with Crippen LogP contribution in [0.25, 0.3) is 11.3 Å². The van der Waals surface area contributed by atoms with Gasteiger partial charge in [0.2, 0.25) is 0 Å². The zero-order valence-electron chi connectivity index (χ0n) is 14.0. The lowest BCUT2D eigenvalue weighted by molar-refractivity contribution is 0.0933. The number of thiazole rings is 1. The van der Waals surface area contributed by atoms with E-state index in [-0.39, 0.29) is 5.91 Å². The molecule has 2 aliphatic carbocycles. The molecular weight excluding hydrogens is 316 g/mol. The number of aromatic nitrogens is 1. The van der Waals surface area contributed by atoms with Crippen molar-refractivity contribution in [2.75, 3.05) is 0 Å². The fourth-order valence-electron chi connectivity index (χ4n) is 3.42. The fourth-order valence-corrected chi connectivity index (χ4v) is 4.42. The topological polar surface area (TPSA) is 42.0 Å². The Morgan fingerprint density at radius 1 is 1.00 bits per heavy atom. The average Bonchev–Trinajstić information content (AvgIpc) is 3.39. The molecule has 0 atom stereocenters. The second kappa shape index (κ2) is 7.06. The van der Waals surface area contributed by atoms with Crippen molar-refractivity contribution in [1.82, 2.24) is 10.3 Å². The predicted molar refractivity (Wildman–Crippen MR) is 98.5 cm³/mol. The van der Waals surface area contributed by atoms with Crippen molar-refractivity contribution in [1.29, 1.82) is 0 Å². The number of nitrogens with one attached hydrogen (secondary N) is 1. The van der Waals surface area contributed by atoms with Crippen molar-refractivity contribution in [3.63, 3.8) is 0 Å². The van der Waals surface area contributed by atoms with Crippen LogP contribution < -0.4 is 5.32 Å². The number of carbonyl (C=O) groups is 1. The van der Waals surface area contributed by atoms with E-state index < -0.39 is 0 Å². The van der Waals surface area contributed by atoms with E-state index in [9.17, 15) is 4.79 Å². The largest absolute Gasteiger partial charge is 0.349 e. The third-order valence-electron chi connectivity index (χ3n) is 5.08. The summed E-state index contributed by atoms with van der Waals surface area (Å²) in [4.78, 5) is 17.2. The van der Waals surface area contributed by atoms with Gasteiger partial charge < -0.3 is 5.32 Å². The molecule has 2 fully saturated rings. The van der Waals surface area contributed by atoms with Crippen molar-refractivity contribution in [2.45, 2.75) is 63.3 Å². The maximum absolute atomic E-state index is 12.4. The Morgan fingerprint density at radius 2 is 1.71 bits per heavy atom. The van der Waals surface area contributed by atoms with Gasteiger partial charge in [-0.15, -0.1) is 11.3 Å². The van der Waals surface area contributed by atoms with Gasteiger partial charge in [-0.3, -0.25) is 4.79 Å². The van der Waals surface area contributed by atoms with E-state index >= 15 is 0 Å². The molecule has 0 radical (unpaired) electrons. The third kappa shape index (κ3) is 3.69. The van der Waals surface area contributed by atoms with Crippen molar-refractivity contribution < 1.29 is 4.79 Å². The minimum atomic E-state index is 0.0606. The Kier molecular flexibility index (Phi) is 4.65. The molecule has 1 aromatic carbocycles. The highest BCUT2D eigenvalue weighted by Gasteiger charge is 2.26. The van der Waals surface area contributed by atoms with Crippen LogP contribution in [0.15, 0.2) is 29.6 Å². The number of hydrogen-bond donors (Lipinski definition) is 1. The Balaban J connectivity index is 1.41. The maximum Gasteiger partial charge on any atom is 0.251 e. The van der Waals surface area contributed by atoms with Crippen LogP contribution in [-0.2, 0) is 0 Å². The van der Waals surface area contributed by atoms with Crippen LogP contribution in [0.2, 0.25) is 0 Å². The normalized spacial score (nSPS) is 19.0. The van der Waals surface area contributed by atoms with Gasteiger partial charge in [-0.2, -0.15) is 0 Å². The molecule has 1 heterocycles. The summed E-state index contributed by atoms with van der Waals surface area (Å²) in [6.07, 6.45) is 9.88. The average molecular weight is 340 g/mol. The van der Waals surface area contributed by atoms with Crippen LogP contribution in [0, 0.1) is 0 Å². The first-order chi connectivity index (χ1) is 11.8. The predicted octanol–water partition coefficient (Wildman–Crippen LogP) is 5.14. The first-order valence-corrected chi connectivity index (χ1v) is 10.0. The third-order valence-corrected chi connectivity index (χ3v) is 6.09. The molecule has 1 amide bonds. The van der Waals surface area contributed by atoms with Gasteiger partial charge in [0.1, 0.15) is 0 Å². The van der Waals surface area contributed by atoms with Crippen molar-refractivity contribution in [2.24, 2.45) is 0 Å². The van der Waals surface area contributed by atoms with Crippen LogP contribution in [0.4, 0.5) is 0 Å². The van der Waals surface area contributed by atoms with Gasteiger partial charge in [-0.05, 0) is 37.8 Å². The van der Waals surface area contributed by atoms with E-state index in [4.69, 9.17) is 4.98 Å². The van der Waals surface area contributed by atoms with Crippen LogP contribution in [-0.4, -0.2) is 16.9 Å². The fraction of sp³-hybridized carbons (Fsp3) is 0.500. The maximum atomic E-state index is 12.4. The molecule has 0 aliphatic heterocycles. The highest BCUT2D eigenvalue weighted by Crippen LogP contribution is 2.42.